The maximum Gasteiger partial charge on any atom is 0.0529 e. The fourth-order valence-corrected chi connectivity index (χ4v) is 3.15. The van der Waals surface area contributed by atoms with Gasteiger partial charge in [0.15, 0.2) is 0 Å². The van der Waals surface area contributed by atoms with Crippen LogP contribution in [0, 0.1) is 0 Å². The van der Waals surface area contributed by atoms with Gasteiger partial charge in [0.25, 0.3) is 0 Å². The van der Waals surface area contributed by atoms with Gasteiger partial charge in [-0.3, -0.25) is 4.98 Å². The van der Waals surface area contributed by atoms with Crippen molar-refractivity contribution in [3.8, 4) is 0 Å². The van der Waals surface area contributed by atoms with Crippen LogP contribution in [0.1, 0.15) is 22.5 Å². The minimum Gasteiger partial charge on any atom is -0.257 e. The van der Waals surface area contributed by atoms with E-state index in [4.69, 9.17) is 4.98 Å². The highest BCUT2D eigenvalue weighted by Gasteiger charge is 2.07. The van der Waals surface area contributed by atoms with E-state index in [-0.39, 0.29) is 0 Å². The van der Waals surface area contributed by atoms with Crippen LogP contribution < -0.4 is 0 Å². The van der Waals surface area contributed by atoms with E-state index in [9.17, 15) is 0 Å². The smallest absolute Gasteiger partial charge is 0.0529 e. The van der Waals surface area contributed by atoms with Gasteiger partial charge in [-0.25, -0.2) is 0 Å². The van der Waals surface area contributed by atoms with Crippen LogP contribution in [0.3, 0.4) is 0 Å². The van der Waals surface area contributed by atoms with E-state index in [1.807, 2.05) is 0 Å². The van der Waals surface area contributed by atoms with E-state index in [1.165, 1.54) is 21.9 Å². The van der Waals surface area contributed by atoms with Crippen LogP contribution >= 0.6 is 0 Å². The van der Waals surface area contributed by atoms with Gasteiger partial charge >= 0.3 is 0 Å². The summed E-state index contributed by atoms with van der Waals surface area (Å²) in [6.45, 7) is 0. The standard InChI is InChI=1S/C23H19N/c1-3-9-18(10-4-1)15-21-17-20-13-7-8-14-22(20)23(24-21)16-19-11-5-2-6-12-19/h1-14,17H,15-16H2. The number of benzene rings is 3. The molecule has 3 aromatic carbocycles. The number of rotatable bonds is 4. The first-order valence-corrected chi connectivity index (χ1v) is 8.34. The SMILES string of the molecule is c1ccc(Cc2cc3ccccc3c(Cc3ccccc3)n2)cc1. The highest BCUT2D eigenvalue weighted by atomic mass is 14.7. The largest absolute Gasteiger partial charge is 0.257 e. The average Bonchev–Trinajstić information content (AvgIpc) is 2.63. The highest BCUT2D eigenvalue weighted by molar-refractivity contribution is 5.85. The Hall–Kier alpha value is -2.93. The van der Waals surface area contributed by atoms with Gasteiger partial charge in [0.1, 0.15) is 0 Å². The van der Waals surface area contributed by atoms with Gasteiger partial charge < -0.3 is 0 Å². The van der Waals surface area contributed by atoms with Crippen LogP contribution in [0.25, 0.3) is 10.8 Å². The second-order valence-corrected chi connectivity index (χ2v) is 6.11. The Morgan fingerprint density at radius 2 is 1.17 bits per heavy atom. The molecule has 1 heteroatoms. The van der Waals surface area contributed by atoms with Crippen molar-refractivity contribution in [3.05, 3.63) is 114 Å². The summed E-state index contributed by atoms with van der Waals surface area (Å²) in [5.41, 5.74) is 4.88. The number of hydrogen-bond donors (Lipinski definition) is 0. The molecule has 0 N–H and O–H groups in total. The summed E-state index contributed by atoms with van der Waals surface area (Å²) in [5.74, 6) is 0. The molecule has 0 saturated carbocycles. The number of aromatic nitrogens is 1. The first-order chi connectivity index (χ1) is 11.9. The highest BCUT2D eigenvalue weighted by Crippen LogP contribution is 2.22. The van der Waals surface area contributed by atoms with Gasteiger partial charge in [-0.2, -0.15) is 0 Å². The molecule has 4 aromatic rings. The molecule has 1 heterocycles. The first kappa shape index (κ1) is 14.6. The van der Waals surface area contributed by atoms with Crippen LogP contribution in [0.15, 0.2) is 91.0 Å². The van der Waals surface area contributed by atoms with Crippen molar-refractivity contribution in [2.45, 2.75) is 12.8 Å². The topological polar surface area (TPSA) is 12.9 Å². The zero-order chi connectivity index (χ0) is 16.2. The quantitative estimate of drug-likeness (QED) is 0.491. The van der Waals surface area contributed by atoms with Gasteiger partial charge in [0, 0.05) is 23.9 Å². The Kier molecular flexibility index (Phi) is 4.07. The minimum atomic E-state index is 0.865. The summed E-state index contributed by atoms with van der Waals surface area (Å²) in [6.07, 6.45) is 1.73. The van der Waals surface area contributed by atoms with Gasteiger partial charge in [-0.1, -0.05) is 84.9 Å². The third-order valence-electron chi connectivity index (χ3n) is 4.31. The van der Waals surface area contributed by atoms with E-state index in [0.29, 0.717) is 0 Å². The Labute approximate surface area is 142 Å². The number of pyridine rings is 1. The molecule has 0 aliphatic rings. The van der Waals surface area contributed by atoms with Crippen LogP contribution in [0.5, 0.6) is 0 Å². The molecule has 0 unspecified atom stereocenters. The summed E-state index contributed by atoms with van der Waals surface area (Å²) < 4.78 is 0. The van der Waals surface area contributed by atoms with Crippen molar-refractivity contribution in [2.75, 3.05) is 0 Å². The second-order valence-electron chi connectivity index (χ2n) is 6.11. The van der Waals surface area contributed by atoms with E-state index >= 15 is 0 Å². The summed E-state index contributed by atoms with van der Waals surface area (Å²) >= 11 is 0. The number of nitrogens with zero attached hydrogens (tertiary/aromatic N) is 1. The lowest BCUT2D eigenvalue weighted by atomic mass is 10.0. The fourth-order valence-electron chi connectivity index (χ4n) is 3.15. The molecule has 0 radical (unpaired) electrons. The molecule has 0 aliphatic carbocycles. The predicted octanol–water partition coefficient (Wildman–Crippen LogP) is 5.42. The fraction of sp³-hybridized carbons (Fsp3) is 0.0870. The van der Waals surface area contributed by atoms with Crippen molar-refractivity contribution in [3.63, 3.8) is 0 Å². The normalized spacial score (nSPS) is 10.8. The summed E-state index contributed by atoms with van der Waals surface area (Å²) in [6, 6.07) is 31.9. The lowest BCUT2D eigenvalue weighted by molar-refractivity contribution is 1.01. The van der Waals surface area contributed by atoms with E-state index in [2.05, 4.69) is 91.0 Å². The molecule has 0 aliphatic heterocycles. The Bertz CT molecular complexity index is 943. The Morgan fingerprint density at radius 1 is 0.583 bits per heavy atom. The minimum absolute atomic E-state index is 0.865. The molecule has 0 atom stereocenters. The molecule has 24 heavy (non-hydrogen) atoms. The summed E-state index contributed by atoms with van der Waals surface area (Å²) in [7, 11) is 0. The zero-order valence-corrected chi connectivity index (χ0v) is 13.5. The van der Waals surface area contributed by atoms with Crippen molar-refractivity contribution in [1.82, 2.24) is 4.98 Å². The Balaban J connectivity index is 1.76. The summed E-state index contributed by atoms with van der Waals surface area (Å²) in [5, 5.41) is 2.52. The van der Waals surface area contributed by atoms with Crippen molar-refractivity contribution < 1.29 is 0 Å². The molecule has 1 aromatic heterocycles. The van der Waals surface area contributed by atoms with Crippen molar-refractivity contribution in [1.29, 1.82) is 0 Å². The molecule has 116 valence electrons. The molecule has 0 amide bonds. The lowest BCUT2D eigenvalue weighted by Gasteiger charge is -2.10. The monoisotopic (exact) mass is 309 g/mol. The van der Waals surface area contributed by atoms with Crippen LogP contribution in [0.4, 0.5) is 0 Å². The molecule has 4 rings (SSSR count). The second kappa shape index (κ2) is 6.67. The molecule has 0 spiro atoms. The molecular formula is C23H19N. The zero-order valence-electron chi connectivity index (χ0n) is 13.5. The first-order valence-electron chi connectivity index (χ1n) is 8.34. The molecule has 0 bridgehead atoms. The van der Waals surface area contributed by atoms with Crippen LogP contribution in [-0.2, 0) is 12.8 Å². The van der Waals surface area contributed by atoms with Crippen LogP contribution in [-0.4, -0.2) is 4.98 Å². The summed E-state index contributed by atoms with van der Waals surface area (Å²) in [4.78, 5) is 4.99. The van der Waals surface area contributed by atoms with Gasteiger partial charge in [0.2, 0.25) is 0 Å². The van der Waals surface area contributed by atoms with E-state index < -0.39 is 0 Å². The molecule has 0 fully saturated rings. The van der Waals surface area contributed by atoms with Gasteiger partial charge in [-0.05, 0) is 22.6 Å². The molecular weight excluding hydrogens is 290 g/mol. The third kappa shape index (κ3) is 3.21. The number of fused-ring (bicyclic) bond motifs is 1. The average molecular weight is 309 g/mol. The number of hydrogen-bond acceptors (Lipinski definition) is 1. The Morgan fingerprint density at radius 3 is 1.88 bits per heavy atom. The predicted molar refractivity (Wildman–Crippen MR) is 100 cm³/mol. The maximum absolute atomic E-state index is 4.99. The molecule has 0 saturated heterocycles. The van der Waals surface area contributed by atoms with Gasteiger partial charge in [0.05, 0.1) is 5.69 Å². The molecule has 1 nitrogen and oxygen atoms in total. The van der Waals surface area contributed by atoms with Crippen molar-refractivity contribution >= 4 is 10.8 Å². The lowest BCUT2D eigenvalue weighted by Crippen LogP contribution is -2.00. The van der Waals surface area contributed by atoms with Gasteiger partial charge in [-0.15, -0.1) is 0 Å². The van der Waals surface area contributed by atoms with E-state index in [1.54, 1.807) is 0 Å². The van der Waals surface area contributed by atoms with Crippen LogP contribution in [0.2, 0.25) is 0 Å². The van der Waals surface area contributed by atoms with Crippen molar-refractivity contribution in [2.24, 2.45) is 0 Å². The third-order valence-corrected chi connectivity index (χ3v) is 4.31. The maximum atomic E-state index is 4.99. The van der Waals surface area contributed by atoms with E-state index in [0.717, 1.165) is 24.2 Å².